The van der Waals surface area contributed by atoms with E-state index in [0.717, 1.165) is 17.0 Å². The predicted octanol–water partition coefficient (Wildman–Crippen LogP) is 2.11. The Hall–Kier alpha value is -3.65. The second-order valence-corrected chi connectivity index (χ2v) is 8.30. The van der Waals surface area contributed by atoms with Gasteiger partial charge in [0, 0.05) is 61.7 Å². The van der Waals surface area contributed by atoms with Gasteiger partial charge >= 0.3 is 0 Å². The van der Waals surface area contributed by atoms with Crippen LogP contribution in [0.5, 0.6) is 5.75 Å². The average molecular weight is 463 g/mol. The monoisotopic (exact) mass is 462 g/mol. The fourth-order valence-corrected chi connectivity index (χ4v) is 4.30. The fourth-order valence-electron chi connectivity index (χ4n) is 4.30. The molecule has 0 bridgehead atoms. The van der Waals surface area contributed by atoms with Crippen molar-refractivity contribution in [2.45, 2.75) is 19.9 Å². The highest BCUT2D eigenvalue weighted by molar-refractivity contribution is 5.77. The molecule has 1 fully saturated rings. The molecule has 2 aromatic carbocycles. The van der Waals surface area contributed by atoms with Crippen molar-refractivity contribution < 1.29 is 14.6 Å². The Morgan fingerprint density at radius 2 is 1.71 bits per heavy atom. The van der Waals surface area contributed by atoms with E-state index in [4.69, 9.17) is 4.74 Å². The Labute approximate surface area is 199 Å². The van der Waals surface area contributed by atoms with Crippen molar-refractivity contribution in [1.82, 2.24) is 14.5 Å². The molecule has 0 spiro atoms. The summed E-state index contributed by atoms with van der Waals surface area (Å²) in [4.78, 5) is 35.2. The maximum Gasteiger partial charge on any atom is 0.257 e. The molecule has 178 valence electrons. The highest BCUT2D eigenvalue weighted by Crippen LogP contribution is 2.21. The van der Waals surface area contributed by atoms with E-state index in [1.165, 1.54) is 4.57 Å². The first-order valence-corrected chi connectivity index (χ1v) is 11.4. The lowest BCUT2D eigenvalue weighted by Gasteiger charge is -2.36. The highest BCUT2D eigenvalue weighted by Gasteiger charge is 2.24. The van der Waals surface area contributed by atoms with E-state index in [2.05, 4.69) is 9.88 Å². The summed E-state index contributed by atoms with van der Waals surface area (Å²) < 4.78 is 6.68. The van der Waals surface area contributed by atoms with Crippen LogP contribution in [0.1, 0.15) is 11.3 Å². The van der Waals surface area contributed by atoms with E-state index >= 15 is 0 Å². The number of piperazine rings is 1. The zero-order valence-corrected chi connectivity index (χ0v) is 19.6. The van der Waals surface area contributed by atoms with Crippen LogP contribution >= 0.6 is 0 Å². The molecule has 0 unspecified atom stereocenters. The summed E-state index contributed by atoms with van der Waals surface area (Å²) in [6.45, 7) is 4.09. The van der Waals surface area contributed by atoms with Crippen molar-refractivity contribution in [2.75, 3.05) is 44.8 Å². The largest absolute Gasteiger partial charge is 0.497 e. The van der Waals surface area contributed by atoms with Crippen molar-refractivity contribution >= 4 is 11.6 Å². The molecule has 4 rings (SSSR count). The first-order valence-electron chi connectivity index (χ1n) is 11.4. The lowest BCUT2D eigenvalue weighted by atomic mass is 10.1. The van der Waals surface area contributed by atoms with Crippen LogP contribution in [0.25, 0.3) is 11.4 Å². The first kappa shape index (κ1) is 23.5. The summed E-state index contributed by atoms with van der Waals surface area (Å²) >= 11 is 0. The van der Waals surface area contributed by atoms with Gasteiger partial charge in [-0.2, -0.15) is 0 Å². The van der Waals surface area contributed by atoms with E-state index in [-0.39, 0.29) is 31.0 Å². The van der Waals surface area contributed by atoms with Crippen molar-refractivity contribution in [3.05, 3.63) is 76.2 Å². The van der Waals surface area contributed by atoms with Crippen LogP contribution in [0.3, 0.4) is 0 Å². The summed E-state index contributed by atoms with van der Waals surface area (Å²) in [5.74, 6) is 1.16. The molecule has 8 heteroatoms. The second kappa shape index (κ2) is 10.5. The molecule has 0 radical (unpaired) electrons. The van der Waals surface area contributed by atoms with Gasteiger partial charge in [-0.25, -0.2) is 4.98 Å². The minimum atomic E-state index is -0.273. The number of methoxy groups -OCH3 is 1. The first-order chi connectivity index (χ1) is 16.5. The molecular formula is C26H30N4O4. The van der Waals surface area contributed by atoms with Gasteiger partial charge in [-0.05, 0) is 31.2 Å². The number of ether oxygens (including phenoxy) is 1. The van der Waals surface area contributed by atoms with Crippen LogP contribution in [0, 0.1) is 6.92 Å². The Bertz CT molecular complexity index is 1180. The molecule has 1 N–H and O–H groups in total. The lowest BCUT2D eigenvalue weighted by Crippen LogP contribution is -2.50. The number of hydrogen-bond acceptors (Lipinski definition) is 6. The minimum absolute atomic E-state index is 0.0860. The number of aliphatic hydroxyl groups is 1. The maximum absolute atomic E-state index is 13.3. The van der Waals surface area contributed by atoms with Gasteiger partial charge in [0.15, 0.2) is 0 Å². The number of carbonyl (C=O) groups is 1. The number of benzene rings is 2. The smallest absolute Gasteiger partial charge is 0.257 e. The quantitative estimate of drug-likeness (QED) is 0.579. The third-order valence-corrected chi connectivity index (χ3v) is 6.23. The second-order valence-electron chi connectivity index (χ2n) is 8.30. The molecule has 8 nitrogen and oxygen atoms in total. The summed E-state index contributed by atoms with van der Waals surface area (Å²) in [6.07, 6.45) is 0.210. The molecular weight excluding hydrogens is 432 g/mol. The van der Waals surface area contributed by atoms with Crippen molar-refractivity contribution in [2.24, 2.45) is 0 Å². The Balaban J connectivity index is 1.53. The zero-order valence-electron chi connectivity index (χ0n) is 19.6. The number of aromatic nitrogens is 2. The van der Waals surface area contributed by atoms with Gasteiger partial charge in [-0.15, -0.1) is 0 Å². The van der Waals surface area contributed by atoms with Crippen LogP contribution in [0.15, 0.2) is 59.4 Å². The predicted molar refractivity (Wildman–Crippen MR) is 131 cm³/mol. The van der Waals surface area contributed by atoms with Gasteiger partial charge < -0.3 is 19.6 Å². The van der Waals surface area contributed by atoms with Crippen LogP contribution in [0.4, 0.5) is 5.69 Å². The number of nitrogens with zero attached hydrogens (tertiary/aromatic N) is 4. The third kappa shape index (κ3) is 4.97. The maximum atomic E-state index is 13.3. The Morgan fingerprint density at radius 1 is 1.03 bits per heavy atom. The molecule has 1 amide bonds. The summed E-state index contributed by atoms with van der Waals surface area (Å²) in [5.41, 5.74) is 2.61. The van der Waals surface area contributed by atoms with E-state index in [1.54, 1.807) is 18.9 Å². The molecule has 1 aliphatic heterocycles. The Morgan fingerprint density at radius 3 is 2.32 bits per heavy atom. The van der Waals surface area contributed by atoms with Crippen LogP contribution in [-0.4, -0.2) is 65.4 Å². The summed E-state index contributed by atoms with van der Waals surface area (Å²) in [7, 11) is 1.64. The van der Waals surface area contributed by atoms with Crippen molar-refractivity contribution in [3.8, 4) is 17.1 Å². The number of rotatable bonds is 7. The molecule has 34 heavy (non-hydrogen) atoms. The van der Waals surface area contributed by atoms with Gasteiger partial charge in [0.05, 0.1) is 7.11 Å². The van der Waals surface area contributed by atoms with Crippen LogP contribution < -0.4 is 15.2 Å². The molecule has 0 aliphatic carbocycles. The molecule has 2 heterocycles. The van der Waals surface area contributed by atoms with E-state index in [1.807, 2.05) is 54.6 Å². The molecule has 1 aromatic heterocycles. The van der Waals surface area contributed by atoms with Gasteiger partial charge in [-0.1, -0.05) is 30.3 Å². The summed E-state index contributed by atoms with van der Waals surface area (Å²) in [5, 5.41) is 9.42. The standard InChI is InChI=1S/C26H30N4O4/c1-19-23(12-17-31)26(33)30(25(27-19)20-6-4-3-5-7-20)18-24(32)29-15-13-28(14-16-29)21-8-10-22(34-2)11-9-21/h3-11,31H,12-18H2,1-2H3. The number of aliphatic hydroxyl groups excluding tert-OH is 1. The molecule has 1 saturated heterocycles. The topological polar surface area (TPSA) is 87.9 Å². The van der Waals surface area contributed by atoms with Gasteiger partial charge in [-0.3, -0.25) is 14.2 Å². The van der Waals surface area contributed by atoms with Crippen molar-refractivity contribution in [3.63, 3.8) is 0 Å². The number of hydrogen-bond donors (Lipinski definition) is 1. The van der Waals surface area contributed by atoms with E-state index in [0.29, 0.717) is 43.3 Å². The number of anilines is 1. The van der Waals surface area contributed by atoms with Crippen LogP contribution in [-0.2, 0) is 17.8 Å². The number of aryl methyl sites for hydroxylation is 1. The average Bonchev–Trinajstić information content (AvgIpc) is 2.88. The van der Waals surface area contributed by atoms with E-state index in [9.17, 15) is 14.7 Å². The van der Waals surface area contributed by atoms with Crippen molar-refractivity contribution in [1.29, 1.82) is 0 Å². The molecule has 0 saturated carbocycles. The molecule has 1 aliphatic rings. The molecule has 0 atom stereocenters. The highest BCUT2D eigenvalue weighted by atomic mass is 16.5. The van der Waals surface area contributed by atoms with E-state index < -0.39 is 0 Å². The van der Waals surface area contributed by atoms with Gasteiger partial charge in [0.2, 0.25) is 5.91 Å². The van der Waals surface area contributed by atoms with Crippen LogP contribution in [0.2, 0.25) is 0 Å². The lowest BCUT2D eigenvalue weighted by molar-refractivity contribution is -0.132. The zero-order chi connectivity index (χ0) is 24.1. The molecule has 3 aromatic rings. The van der Waals surface area contributed by atoms with Gasteiger partial charge in [0.1, 0.15) is 18.1 Å². The fraction of sp³-hybridized carbons (Fsp3) is 0.346. The summed E-state index contributed by atoms with van der Waals surface area (Å²) in [6, 6.07) is 17.3. The normalized spacial score (nSPS) is 13.7. The number of carbonyl (C=O) groups excluding carboxylic acids is 1. The SMILES string of the molecule is COc1ccc(N2CCN(C(=O)Cn3c(-c4ccccc4)nc(C)c(CCO)c3=O)CC2)cc1. The third-order valence-electron chi connectivity index (χ3n) is 6.23. The van der Waals surface area contributed by atoms with Gasteiger partial charge in [0.25, 0.3) is 5.56 Å². The number of amides is 1. The minimum Gasteiger partial charge on any atom is -0.497 e. The Kier molecular flexibility index (Phi) is 7.27.